The van der Waals surface area contributed by atoms with Crippen molar-refractivity contribution in [1.29, 1.82) is 0 Å². The normalized spacial score (nSPS) is 19.7. The number of rotatable bonds is 2. The number of nitrogens with zero attached hydrogens (tertiary/aromatic N) is 2. The van der Waals surface area contributed by atoms with Crippen LogP contribution in [-0.4, -0.2) is 28.3 Å². The van der Waals surface area contributed by atoms with Gasteiger partial charge in [-0.3, -0.25) is 9.97 Å². The second-order valence-electron chi connectivity index (χ2n) is 6.28. The van der Waals surface area contributed by atoms with Crippen molar-refractivity contribution in [2.45, 2.75) is 38.9 Å². The predicted molar refractivity (Wildman–Crippen MR) is 83.2 cm³/mol. The van der Waals surface area contributed by atoms with E-state index in [-0.39, 0.29) is 11.2 Å². The molecule has 5 heteroatoms. The molecule has 0 bridgehead atoms. The molecule has 1 fully saturated rings. The lowest BCUT2D eigenvalue weighted by Gasteiger charge is -2.32. The molecule has 0 saturated carbocycles. The molecule has 2 heterocycles. The number of hydrogen-bond donors (Lipinski definition) is 0. The average Bonchev–Trinajstić information content (AvgIpc) is 2.69. The van der Waals surface area contributed by atoms with Crippen molar-refractivity contribution in [1.82, 2.24) is 9.97 Å². The van der Waals surface area contributed by atoms with Gasteiger partial charge >= 0.3 is 7.12 Å². The van der Waals surface area contributed by atoms with Crippen LogP contribution >= 0.6 is 0 Å². The van der Waals surface area contributed by atoms with Crippen LogP contribution in [0.25, 0.3) is 11.3 Å². The molecule has 0 N–H and O–H groups in total. The van der Waals surface area contributed by atoms with E-state index in [0.29, 0.717) is 5.59 Å². The van der Waals surface area contributed by atoms with E-state index in [9.17, 15) is 0 Å². The molecular formula is C16H19BN2O2. The fourth-order valence-electron chi connectivity index (χ4n) is 2.21. The summed E-state index contributed by atoms with van der Waals surface area (Å²) in [5.41, 5.74) is 1.81. The van der Waals surface area contributed by atoms with Gasteiger partial charge in [0.25, 0.3) is 0 Å². The van der Waals surface area contributed by atoms with Crippen molar-refractivity contribution in [3.05, 3.63) is 42.7 Å². The molecule has 0 radical (unpaired) electrons. The third kappa shape index (κ3) is 2.59. The summed E-state index contributed by atoms with van der Waals surface area (Å²) >= 11 is 0. The third-order valence-corrected chi connectivity index (χ3v) is 4.22. The van der Waals surface area contributed by atoms with Gasteiger partial charge in [0.15, 0.2) is 0 Å². The number of aromatic nitrogens is 2. The van der Waals surface area contributed by atoms with Crippen molar-refractivity contribution in [2.75, 3.05) is 0 Å². The summed E-state index contributed by atoms with van der Waals surface area (Å²) in [4.78, 5) is 8.92. The van der Waals surface area contributed by atoms with E-state index in [1.54, 1.807) is 12.4 Å². The summed E-state index contributed by atoms with van der Waals surface area (Å²) in [5.74, 6) is 0. The zero-order valence-corrected chi connectivity index (χ0v) is 12.8. The molecule has 21 heavy (non-hydrogen) atoms. The maximum absolute atomic E-state index is 6.02. The zero-order valence-electron chi connectivity index (χ0n) is 12.8. The van der Waals surface area contributed by atoms with Gasteiger partial charge in [0, 0.05) is 11.8 Å². The Morgan fingerprint density at radius 1 is 0.905 bits per heavy atom. The average molecular weight is 282 g/mol. The highest BCUT2D eigenvalue weighted by Gasteiger charge is 2.52. The van der Waals surface area contributed by atoms with Crippen LogP contribution in [0.4, 0.5) is 0 Å². The molecule has 1 aliphatic heterocycles. The van der Waals surface area contributed by atoms with Crippen LogP contribution in [0.15, 0.2) is 42.7 Å². The van der Waals surface area contributed by atoms with Crippen molar-refractivity contribution < 1.29 is 9.31 Å². The molecule has 0 aliphatic carbocycles. The van der Waals surface area contributed by atoms with Gasteiger partial charge in [0.05, 0.1) is 28.7 Å². The van der Waals surface area contributed by atoms with Gasteiger partial charge in [-0.05, 0) is 27.7 Å². The van der Waals surface area contributed by atoms with Crippen molar-refractivity contribution in [3.8, 4) is 11.3 Å². The lowest BCUT2D eigenvalue weighted by molar-refractivity contribution is 0.00578. The summed E-state index contributed by atoms with van der Waals surface area (Å²) in [6, 6.07) is 9.97. The minimum atomic E-state index is -0.480. The van der Waals surface area contributed by atoms with Crippen molar-refractivity contribution in [3.63, 3.8) is 0 Å². The fraction of sp³-hybridized carbons (Fsp3) is 0.375. The number of benzene rings is 1. The van der Waals surface area contributed by atoms with Gasteiger partial charge in [0.1, 0.15) is 0 Å². The molecule has 0 atom stereocenters. The Morgan fingerprint density at radius 3 is 2.14 bits per heavy atom. The Kier molecular flexibility index (Phi) is 3.34. The van der Waals surface area contributed by atoms with E-state index in [1.807, 2.05) is 58.0 Å². The Balaban J connectivity index is 1.92. The second-order valence-corrected chi connectivity index (χ2v) is 6.28. The van der Waals surface area contributed by atoms with Crippen molar-refractivity contribution >= 4 is 12.7 Å². The SMILES string of the molecule is CC1(C)OB(c2cncc(-c3ccccc3)n2)OC1(C)C. The molecule has 0 spiro atoms. The quantitative estimate of drug-likeness (QED) is 0.794. The van der Waals surface area contributed by atoms with Gasteiger partial charge in [-0.2, -0.15) is 0 Å². The maximum atomic E-state index is 6.02. The van der Waals surface area contributed by atoms with Gasteiger partial charge < -0.3 is 9.31 Å². The lowest BCUT2D eigenvalue weighted by Crippen LogP contribution is -2.41. The minimum Gasteiger partial charge on any atom is -0.398 e. The van der Waals surface area contributed by atoms with Crippen LogP contribution in [0.5, 0.6) is 0 Å². The predicted octanol–water partition coefficient (Wildman–Crippen LogP) is 2.44. The van der Waals surface area contributed by atoms with Crippen LogP contribution in [0.1, 0.15) is 27.7 Å². The summed E-state index contributed by atoms with van der Waals surface area (Å²) in [6.07, 6.45) is 3.46. The highest BCUT2D eigenvalue weighted by atomic mass is 16.7. The first-order valence-electron chi connectivity index (χ1n) is 7.12. The molecule has 1 aromatic heterocycles. The largest absolute Gasteiger partial charge is 0.516 e. The Labute approximate surface area is 125 Å². The highest BCUT2D eigenvalue weighted by molar-refractivity contribution is 6.61. The molecule has 0 unspecified atom stereocenters. The van der Waals surface area contributed by atoms with Gasteiger partial charge in [-0.1, -0.05) is 30.3 Å². The molecule has 108 valence electrons. The Morgan fingerprint density at radius 2 is 1.52 bits per heavy atom. The fourth-order valence-corrected chi connectivity index (χ4v) is 2.21. The van der Waals surface area contributed by atoms with E-state index in [2.05, 4.69) is 9.97 Å². The summed E-state index contributed by atoms with van der Waals surface area (Å²) < 4.78 is 12.0. The van der Waals surface area contributed by atoms with Crippen LogP contribution < -0.4 is 5.59 Å². The van der Waals surface area contributed by atoms with Crippen molar-refractivity contribution in [2.24, 2.45) is 0 Å². The second kappa shape index (κ2) is 4.93. The smallest absolute Gasteiger partial charge is 0.398 e. The molecule has 2 aromatic rings. The Bertz CT molecular complexity index is 628. The van der Waals surface area contributed by atoms with Crippen LogP contribution in [0.2, 0.25) is 0 Å². The van der Waals surface area contributed by atoms with Gasteiger partial charge in [-0.25, -0.2) is 0 Å². The molecule has 1 aromatic carbocycles. The first-order chi connectivity index (χ1) is 9.89. The van der Waals surface area contributed by atoms with E-state index >= 15 is 0 Å². The maximum Gasteiger partial charge on any atom is 0.516 e. The first-order valence-corrected chi connectivity index (χ1v) is 7.12. The van der Waals surface area contributed by atoms with E-state index in [4.69, 9.17) is 9.31 Å². The third-order valence-electron chi connectivity index (χ3n) is 4.22. The standard InChI is InChI=1S/C16H19BN2O2/c1-15(2)16(3,4)21-17(20-15)14-11-18-10-13(19-14)12-8-6-5-7-9-12/h5-11H,1-4H3. The molecule has 0 amide bonds. The summed E-state index contributed by atoms with van der Waals surface area (Å²) in [6.45, 7) is 8.12. The molecular weight excluding hydrogens is 263 g/mol. The van der Waals surface area contributed by atoms with Crippen LogP contribution in [0, 0.1) is 0 Å². The van der Waals surface area contributed by atoms with E-state index in [0.717, 1.165) is 11.3 Å². The first kappa shape index (κ1) is 14.2. The zero-order chi connectivity index (χ0) is 15.1. The van der Waals surface area contributed by atoms with E-state index in [1.165, 1.54) is 0 Å². The summed E-state index contributed by atoms with van der Waals surface area (Å²) in [5, 5.41) is 0. The molecule has 1 aliphatic rings. The Hall–Kier alpha value is -1.72. The molecule has 1 saturated heterocycles. The molecule has 4 nitrogen and oxygen atoms in total. The number of hydrogen-bond acceptors (Lipinski definition) is 4. The topological polar surface area (TPSA) is 44.2 Å². The monoisotopic (exact) mass is 282 g/mol. The van der Waals surface area contributed by atoms with Gasteiger partial charge in [0.2, 0.25) is 0 Å². The highest BCUT2D eigenvalue weighted by Crippen LogP contribution is 2.36. The minimum absolute atomic E-state index is 0.373. The lowest BCUT2D eigenvalue weighted by atomic mass is 9.85. The van der Waals surface area contributed by atoms with Crippen LogP contribution in [0.3, 0.4) is 0 Å². The molecule has 3 rings (SSSR count). The van der Waals surface area contributed by atoms with Gasteiger partial charge in [-0.15, -0.1) is 0 Å². The summed E-state index contributed by atoms with van der Waals surface area (Å²) in [7, 11) is -0.480. The van der Waals surface area contributed by atoms with Crippen LogP contribution in [-0.2, 0) is 9.31 Å². The van der Waals surface area contributed by atoms with E-state index < -0.39 is 7.12 Å².